The molecule has 1 aliphatic heterocycles. The molecule has 1 aromatic carbocycles. The fourth-order valence-electron chi connectivity index (χ4n) is 2.75. The summed E-state index contributed by atoms with van der Waals surface area (Å²) in [5, 5.41) is 0. The predicted molar refractivity (Wildman–Crippen MR) is 93.6 cm³/mol. The Morgan fingerprint density at radius 2 is 2.04 bits per heavy atom. The maximum absolute atomic E-state index is 12.3. The first-order valence-corrected chi connectivity index (χ1v) is 8.56. The number of methoxy groups -OCH3 is 1. The van der Waals surface area contributed by atoms with Crippen LogP contribution in [0.1, 0.15) is 39.2 Å². The molecule has 1 aliphatic rings. The third-order valence-electron chi connectivity index (χ3n) is 3.92. The van der Waals surface area contributed by atoms with Gasteiger partial charge in [0.1, 0.15) is 18.0 Å². The van der Waals surface area contributed by atoms with Crippen molar-refractivity contribution in [2.45, 2.75) is 51.7 Å². The molecule has 1 amide bonds. The number of carbonyl (C=O) groups excluding carboxylic acids is 2. The Kier molecular flexibility index (Phi) is 6.28. The minimum atomic E-state index is -0.507. The lowest BCUT2D eigenvalue weighted by atomic mass is 10.1. The van der Waals surface area contributed by atoms with Crippen LogP contribution in [-0.4, -0.2) is 48.9 Å². The van der Waals surface area contributed by atoms with Gasteiger partial charge in [0.15, 0.2) is 0 Å². The molecule has 0 bridgehead atoms. The topological polar surface area (TPSA) is 65.1 Å². The van der Waals surface area contributed by atoms with Crippen molar-refractivity contribution in [2.75, 3.05) is 20.3 Å². The average molecular weight is 349 g/mol. The largest absolute Gasteiger partial charge is 0.491 e. The molecule has 0 spiro atoms. The summed E-state index contributed by atoms with van der Waals surface area (Å²) in [4.78, 5) is 25.4. The summed E-state index contributed by atoms with van der Waals surface area (Å²) < 4.78 is 16.0. The summed E-state index contributed by atoms with van der Waals surface area (Å²) in [7, 11) is 1.37. The third kappa shape index (κ3) is 5.96. The Labute approximate surface area is 149 Å². The fraction of sp³-hybridized carbons (Fsp3) is 0.579. The summed E-state index contributed by atoms with van der Waals surface area (Å²) in [6.07, 6.45) is 1.75. The number of carbonyl (C=O) groups is 2. The van der Waals surface area contributed by atoms with E-state index in [4.69, 9.17) is 9.47 Å². The molecule has 0 radical (unpaired) electrons. The second-order valence-corrected chi connectivity index (χ2v) is 7.18. The van der Waals surface area contributed by atoms with Gasteiger partial charge in [0.05, 0.1) is 19.6 Å². The molecule has 0 saturated carbocycles. The summed E-state index contributed by atoms with van der Waals surface area (Å²) in [5.41, 5.74) is 0.326. The van der Waals surface area contributed by atoms with Gasteiger partial charge in [0.25, 0.3) is 0 Å². The van der Waals surface area contributed by atoms with Gasteiger partial charge in [0.2, 0.25) is 0 Å². The van der Waals surface area contributed by atoms with E-state index in [1.165, 1.54) is 7.11 Å². The van der Waals surface area contributed by atoms with E-state index in [0.717, 1.165) is 18.4 Å². The highest BCUT2D eigenvalue weighted by Gasteiger charge is 2.32. The van der Waals surface area contributed by atoms with Crippen molar-refractivity contribution >= 4 is 12.1 Å². The van der Waals surface area contributed by atoms with E-state index in [2.05, 4.69) is 4.74 Å². The van der Waals surface area contributed by atoms with E-state index in [1.54, 1.807) is 4.90 Å². The quantitative estimate of drug-likeness (QED) is 0.764. The second kappa shape index (κ2) is 8.23. The van der Waals surface area contributed by atoms with Crippen LogP contribution in [0.5, 0.6) is 5.75 Å². The molecule has 1 fully saturated rings. The van der Waals surface area contributed by atoms with Crippen molar-refractivity contribution in [1.82, 2.24) is 4.90 Å². The van der Waals surface area contributed by atoms with E-state index >= 15 is 0 Å². The summed E-state index contributed by atoms with van der Waals surface area (Å²) in [6.45, 7) is 6.67. The normalized spacial score (nSPS) is 17.3. The highest BCUT2D eigenvalue weighted by molar-refractivity contribution is 5.72. The number of hydrogen-bond donors (Lipinski definition) is 0. The van der Waals surface area contributed by atoms with Gasteiger partial charge in [0, 0.05) is 6.54 Å². The lowest BCUT2D eigenvalue weighted by Crippen LogP contribution is -2.42. The predicted octanol–water partition coefficient (Wildman–Crippen LogP) is 3.18. The van der Waals surface area contributed by atoms with Crippen LogP contribution >= 0.6 is 0 Å². The van der Waals surface area contributed by atoms with Gasteiger partial charge in [-0.3, -0.25) is 4.79 Å². The Morgan fingerprint density at radius 3 is 2.72 bits per heavy atom. The van der Waals surface area contributed by atoms with Crippen molar-refractivity contribution in [1.29, 1.82) is 0 Å². The molecule has 138 valence electrons. The molecular weight excluding hydrogens is 322 g/mol. The van der Waals surface area contributed by atoms with Gasteiger partial charge in [-0.25, -0.2) is 4.79 Å². The van der Waals surface area contributed by atoms with Crippen LogP contribution in [0.15, 0.2) is 24.3 Å². The minimum Gasteiger partial charge on any atom is -0.491 e. The van der Waals surface area contributed by atoms with Crippen molar-refractivity contribution in [3.63, 3.8) is 0 Å². The van der Waals surface area contributed by atoms with Gasteiger partial charge in [-0.15, -0.1) is 0 Å². The monoisotopic (exact) mass is 349 g/mol. The Hall–Kier alpha value is -2.24. The van der Waals surface area contributed by atoms with Gasteiger partial charge >= 0.3 is 12.1 Å². The Balaban J connectivity index is 1.92. The lowest BCUT2D eigenvalue weighted by Gasteiger charge is -2.28. The number of amides is 1. The Bertz CT molecular complexity index is 608. The highest BCUT2D eigenvalue weighted by atomic mass is 16.6. The zero-order chi connectivity index (χ0) is 18.4. The van der Waals surface area contributed by atoms with E-state index < -0.39 is 5.60 Å². The number of esters is 1. The molecule has 1 aromatic rings. The third-order valence-corrected chi connectivity index (χ3v) is 3.92. The van der Waals surface area contributed by atoms with Crippen LogP contribution in [0.2, 0.25) is 0 Å². The van der Waals surface area contributed by atoms with Crippen LogP contribution in [-0.2, 0) is 20.7 Å². The molecule has 6 nitrogen and oxygen atoms in total. The molecule has 6 heteroatoms. The number of rotatable bonds is 5. The van der Waals surface area contributed by atoms with Crippen LogP contribution in [0.4, 0.5) is 4.79 Å². The fourth-order valence-corrected chi connectivity index (χ4v) is 2.75. The number of likely N-dealkylation sites (tertiary alicyclic amines) is 1. The van der Waals surface area contributed by atoms with Crippen LogP contribution in [0, 0.1) is 0 Å². The molecule has 1 saturated heterocycles. The van der Waals surface area contributed by atoms with Crippen LogP contribution in [0.25, 0.3) is 0 Å². The number of hydrogen-bond acceptors (Lipinski definition) is 5. The number of benzene rings is 1. The smallest absolute Gasteiger partial charge is 0.410 e. The maximum Gasteiger partial charge on any atom is 0.410 e. The van der Waals surface area contributed by atoms with E-state index in [1.807, 2.05) is 45.0 Å². The molecule has 25 heavy (non-hydrogen) atoms. The average Bonchev–Trinajstić information content (AvgIpc) is 3.00. The standard InChI is InChI=1S/C19H27NO5/c1-19(2,3)25-18(22)20-10-6-8-15(20)13-24-16-9-5-7-14(11-16)12-17(21)23-4/h5,7,9,11,15H,6,8,10,12-13H2,1-4H3. The lowest BCUT2D eigenvalue weighted by molar-refractivity contribution is -0.139. The van der Waals surface area contributed by atoms with Crippen molar-refractivity contribution in [3.8, 4) is 5.75 Å². The van der Waals surface area contributed by atoms with Crippen molar-refractivity contribution in [2.24, 2.45) is 0 Å². The van der Waals surface area contributed by atoms with Gasteiger partial charge in [-0.05, 0) is 51.3 Å². The SMILES string of the molecule is COC(=O)Cc1cccc(OCC2CCCN2C(=O)OC(C)(C)C)c1. The molecule has 2 rings (SSSR count). The number of nitrogens with zero attached hydrogens (tertiary/aromatic N) is 1. The first kappa shape index (κ1) is 19.1. The first-order valence-electron chi connectivity index (χ1n) is 8.56. The minimum absolute atomic E-state index is 0.000821. The van der Waals surface area contributed by atoms with Gasteiger partial charge in [-0.1, -0.05) is 12.1 Å². The molecule has 0 aliphatic carbocycles. The molecule has 0 aromatic heterocycles. The first-order chi connectivity index (χ1) is 11.8. The number of ether oxygens (including phenoxy) is 3. The summed E-state index contributed by atoms with van der Waals surface area (Å²) in [5.74, 6) is 0.390. The van der Waals surface area contributed by atoms with Gasteiger partial charge in [-0.2, -0.15) is 0 Å². The summed E-state index contributed by atoms with van der Waals surface area (Å²) in [6, 6.07) is 7.36. The Morgan fingerprint density at radius 1 is 1.28 bits per heavy atom. The van der Waals surface area contributed by atoms with E-state index in [-0.39, 0.29) is 24.5 Å². The highest BCUT2D eigenvalue weighted by Crippen LogP contribution is 2.22. The van der Waals surface area contributed by atoms with Crippen LogP contribution in [0.3, 0.4) is 0 Å². The zero-order valence-electron chi connectivity index (χ0n) is 15.4. The molecule has 1 atom stereocenters. The zero-order valence-corrected chi connectivity index (χ0v) is 15.4. The second-order valence-electron chi connectivity index (χ2n) is 7.18. The van der Waals surface area contributed by atoms with Crippen molar-refractivity contribution in [3.05, 3.63) is 29.8 Å². The van der Waals surface area contributed by atoms with Gasteiger partial charge < -0.3 is 19.1 Å². The summed E-state index contributed by atoms with van der Waals surface area (Å²) >= 11 is 0. The van der Waals surface area contributed by atoms with Crippen molar-refractivity contribution < 1.29 is 23.8 Å². The molecule has 1 unspecified atom stereocenters. The molecular formula is C19H27NO5. The molecule has 0 N–H and O–H groups in total. The molecule has 1 heterocycles. The maximum atomic E-state index is 12.3. The van der Waals surface area contributed by atoms with Crippen LogP contribution < -0.4 is 4.74 Å². The van der Waals surface area contributed by atoms with E-state index in [9.17, 15) is 9.59 Å². The van der Waals surface area contributed by atoms with E-state index in [0.29, 0.717) is 18.9 Å².